The highest BCUT2D eigenvalue weighted by molar-refractivity contribution is 7.89. The van der Waals surface area contributed by atoms with E-state index in [9.17, 15) is 13.2 Å². The molecule has 0 bridgehead atoms. The van der Waals surface area contributed by atoms with Crippen LogP contribution in [-0.2, 0) is 14.8 Å². The summed E-state index contributed by atoms with van der Waals surface area (Å²) >= 11 is 0. The molecular formula is C23H36N2O3S. The number of aryl methyl sites for hydroxylation is 3. The molecule has 2 fully saturated rings. The molecule has 5 nitrogen and oxygen atoms in total. The van der Waals surface area contributed by atoms with Crippen molar-refractivity contribution in [3.8, 4) is 0 Å². The first-order chi connectivity index (χ1) is 13.7. The fourth-order valence-corrected chi connectivity index (χ4v) is 7.09. The van der Waals surface area contributed by atoms with Crippen molar-refractivity contribution in [3.63, 3.8) is 0 Å². The highest BCUT2D eigenvalue weighted by Gasteiger charge is 2.35. The second-order valence-corrected chi connectivity index (χ2v) is 11.0. The number of benzene rings is 1. The summed E-state index contributed by atoms with van der Waals surface area (Å²) in [6, 6.07) is 3.85. The van der Waals surface area contributed by atoms with E-state index in [1.165, 1.54) is 32.1 Å². The Labute approximate surface area is 176 Å². The van der Waals surface area contributed by atoms with Gasteiger partial charge in [0.25, 0.3) is 0 Å². The summed E-state index contributed by atoms with van der Waals surface area (Å²) in [4.78, 5) is 15.2. The molecule has 0 aromatic heterocycles. The molecule has 3 rings (SSSR count). The minimum atomic E-state index is -3.52. The van der Waals surface area contributed by atoms with Gasteiger partial charge in [-0.1, -0.05) is 37.0 Å². The normalized spacial score (nSPS) is 20.0. The molecule has 0 radical (unpaired) electrons. The molecule has 1 saturated carbocycles. The van der Waals surface area contributed by atoms with Gasteiger partial charge in [-0.15, -0.1) is 0 Å². The molecular weight excluding hydrogens is 384 g/mol. The first-order valence-electron chi connectivity index (χ1n) is 11.0. The standard InChI is InChI=1S/C23H36N2O3S/c1-17-14-18(2)22(19(3)15-17)29(27,28)25-12-10-21(11-13-25)23(26)24(4)16-20-8-6-5-7-9-20/h14-15,20-21H,5-13,16H2,1-4H3. The van der Waals surface area contributed by atoms with Crippen LogP contribution in [0.5, 0.6) is 0 Å². The molecule has 1 saturated heterocycles. The first-order valence-corrected chi connectivity index (χ1v) is 12.5. The van der Waals surface area contributed by atoms with Crippen molar-refractivity contribution in [2.75, 3.05) is 26.7 Å². The van der Waals surface area contributed by atoms with E-state index in [4.69, 9.17) is 0 Å². The molecule has 1 heterocycles. The Kier molecular flexibility index (Phi) is 7.05. The van der Waals surface area contributed by atoms with Crippen LogP contribution in [0.25, 0.3) is 0 Å². The van der Waals surface area contributed by atoms with Crippen LogP contribution < -0.4 is 0 Å². The second kappa shape index (κ2) is 9.17. The average molecular weight is 421 g/mol. The second-order valence-electron chi connectivity index (χ2n) is 9.13. The van der Waals surface area contributed by atoms with Crippen LogP contribution in [0.2, 0.25) is 0 Å². The Morgan fingerprint density at radius 3 is 2.10 bits per heavy atom. The molecule has 0 unspecified atom stereocenters. The summed E-state index contributed by atoms with van der Waals surface area (Å²) in [6.07, 6.45) is 7.55. The zero-order chi connectivity index (χ0) is 21.2. The lowest BCUT2D eigenvalue weighted by Gasteiger charge is -2.34. The highest BCUT2D eigenvalue weighted by Crippen LogP contribution is 2.30. The Morgan fingerprint density at radius 2 is 1.55 bits per heavy atom. The fraction of sp³-hybridized carbons (Fsp3) is 0.696. The van der Waals surface area contributed by atoms with Crippen molar-refractivity contribution in [1.82, 2.24) is 9.21 Å². The summed E-state index contributed by atoms with van der Waals surface area (Å²) in [5.74, 6) is 0.760. The van der Waals surface area contributed by atoms with Gasteiger partial charge in [0.15, 0.2) is 0 Å². The van der Waals surface area contributed by atoms with Gasteiger partial charge in [0, 0.05) is 32.6 Å². The Balaban J connectivity index is 1.61. The van der Waals surface area contributed by atoms with Crippen LogP contribution in [0.3, 0.4) is 0 Å². The lowest BCUT2D eigenvalue weighted by atomic mass is 9.88. The molecule has 1 aliphatic carbocycles. The van der Waals surface area contributed by atoms with Crippen molar-refractivity contribution < 1.29 is 13.2 Å². The molecule has 162 valence electrons. The van der Waals surface area contributed by atoms with E-state index in [2.05, 4.69) is 0 Å². The fourth-order valence-electron chi connectivity index (χ4n) is 5.20. The number of amides is 1. The molecule has 2 aliphatic rings. The number of nitrogens with zero attached hydrogens (tertiary/aromatic N) is 2. The van der Waals surface area contributed by atoms with E-state index >= 15 is 0 Å². The van der Waals surface area contributed by atoms with Gasteiger partial charge in [0.1, 0.15) is 0 Å². The van der Waals surface area contributed by atoms with Gasteiger partial charge in [-0.2, -0.15) is 4.31 Å². The van der Waals surface area contributed by atoms with Crippen molar-refractivity contribution in [2.45, 2.75) is 70.6 Å². The topological polar surface area (TPSA) is 57.7 Å². The maximum absolute atomic E-state index is 13.2. The molecule has 1 aromatic carbocycles. The third kappa shape index (κ3) is 5.02. The third-order valence-electron chi connectivity index (χ3n) is 6.64. The molecule has 0 spiro atoms. The molecule has 0 N–H and O–H groups in total. The van der Waals surface area contributed by atoms with E-state index in [0.717, 1.165) is 23.2 Å². The summed E-state index contributed by atoms with van der Waals surface area (Å²) < 4.78 is 28.1. The van der Waals surface area contributed by atoms with Crippen molar-refractivity contribution >= 4 is 15.9 Å². The van der Waals surface area contributed by atoms with Crippen LogP contribution in [0.4, 0.5) is 0 Å². The SMILES string of the molecule is Cc1cc(C)c(S(=O)(=O)N2CCC(C(=O)N(C)CC3CCCCC3)CC2)c(C)c1. The Morgan fingerprint density at radius 1 is 1.00 bits per heavy atom. The average Bonchev–Trinajstić information content (AvgIpc) is 2.67. The van der Waals surface area contributed by atoms with E-state index in [0.29, 0.717) is 36.7 Å². The summed E-state index contributed by atoms with van der Waals surface area (Å²) in [5.41, 5.74) is 2.67. The molecule has 1 amide bonds. The zero-order valence-corrected chi connectivity index (χ0v) is 19.2. The molecule has 29 heavy (non-hydrogen) atoms. The van der Waals surface area contributed by atoms with Crippen LogP contribution in [0.1, 0.15) is 61.6 Å². The highest BCUT2D eigenvalue weighted by atomic mass is 32.2. The number of piperidine rings is 1. The van der Waals surface area contributed by atoms with Crippen LogP contribution in [-0.4, -0.2) is 50.2 Å². The molecule has 6 heteroatoms. The van der Waals surface area contributed by atoms with Gasteiger partial charge in [0.05, 0.1) is 4.90 Å². The summed E-state index contributed by atoms with van der Waals surface area (Å²) in [6.45, 7) is 7.40. The largest absolute Gasteiger partial charge is 0.345 e. The maximum atomic E-state index is 13.2. The van der Waals surface area contributed by atoms with E-state index in [1.807, 2.05) is 44.9 Å². The lowest BCUT2D eigenvalue weighted by Crippen LogP contribution is -2.44. The molecule has 0 atom stereocenters. The van der Waals surface area contributed by atoms with Crippen molar-refractivity contribution in [1.29, 1.82) is 0 Å². The number of carbonyl (C=O) groups excluding carboxylic acids is 1. The molecule has 1 aromatic rings. The number of carbonyl (C=O) groups is 1. The van der Waals surface area contributed by atoms with Crippen molar-refractivity contribution in [3.05, 3.63) is 28.8 Å². The summed E-state index contributed by atoms with van der Waals surface area (Å²) in [7, 11) is -1.61. The minimum Gasteiger partial charge on any atom is -0.345 e. The number of hydrogen-bond donors (Lipinski definition) is 0. The smallest absolute Gasteiger partial charge is 0.243 e. The minimum absolute atomic E-state index is 0.0600. The van der Waals surface area contributed by atoms with Gasteiger partial charge in [-0.25, -0.2) is 8.42 Å². The quantitative estimate of drug-likeness (QED) is 0.722. The molecule has 1 aliphatic heterocycles. The summed E-state index contributed by atoms with van der Waals surface area (Å²) in [5, 5.41) is 0. The zero-order valence-electron chi connectivity index (χ0n) is 18.4. The lowest BCUT2D eigenvalue weighted by molar-refractivity contribution is -0.136. The van der Waals surface area contributed by atoms with Gasteiger partial charge in [0.2, 0.25) is 15.9 Å². The monoisotopic (exact) mass is 420 g/mol. The number of rotatable bonds is 5. The van der Waals surface area contributed by atoms with Gasteiger partial charge in [-0.3, -0.25) is 4.79 Å². The predicted molar refractivity (Wildman–Crippen MR) is 116 cm³/mol. The van der Waals surface area contributed by atoms with Crippen LogP contribution in [0.15, 0.2) is 17.0 Å². The van der Waals surface area contributed by atoms with Crippen LogP contribution in [0, 0.1) is 32.6 Å². The van der Waals surface area contributed by atoms with Gasteiger partial charge in [-0.05, 0) is 63.5 Å². The Bertz CT molecular complexity index is 813. The Hall–Kier alpha value is -1.40. The predicted octanol–water partition coefficient (Wildman–Crippen LogP) is 4.05. The van der Waals surface area contributed by atoms with Crippen molar-refractivity contribution in [2.24, 2.45) is 11.8 Å². The van der Waals surface area contributed by atoms with Gasteiger partial charge >= 0.3 is 0 Å². The van der Waals surface area contributed by atoms with Crippen LogP contribution >= 0.6 is 0 Å². The van der Waals surface area contributed by atoms with E-state index < -0.39 is 10.0 Å². The van der Waals surface area contributed by atoms with Gasteiger partial charge < -0.3 is 4.90 Å². The van der Waals surface area contributed by atoms with E-state index in [1.54, 1.807) is 4.31 Å². The van der Waals surface area contributed by atoms with E-state index in [-0.39, 0.29) is 11.8 Å². The number of hydrogen-bond acceptors (Lipinski definition) is 3. The third-order valence-corrected chi connectivity index (χ3v) is 8.84. The first kappa shape index (κ1) is 22.3. The maximum Gasteiger partial charge on any atom is 0.243 e. The number of sulfonamides is 1.